The van der Waals surface area contributed by atoms with Crippen LogP contribution >= 0.6 is 0 Å². The van der Waals surface area contributed by atoms with Gasteiger partial charge in [0, 0.05) is 11.6 Å². The molecule has 0 aromatic heterocycles. The van der Waals surface area contributed by atoms with Crippen LogP contribution in [0.15, 0.2) is 26.0 Å². The van der Waals surface area contributed by atoms with Gasteiger partial charge in [0.25, 0.3) is 0 Å². The Kier molecular flexibility index (Phi) is 1.33. The van der Waals surface area contributed by atoms with E-state index in [-0.39, 0.29) is 5.63 Å². The Bertz CT molecular complexity index is 397. The molecule has 2 aliphatic heterocycles. The average Bonchev–Trinajstić information content (AvgIpc) is 2.41. The molecule has 0 amide bonds. The zero-order valence-corrected chi connectivity index (χ0v) is 6.88. The molecule has 0 spiro atoms. The van der Waals surface area contributed by atoms with Crippen molar-refractivity contribution >= 4 is 0 Å². The van der Waals surface area contributed by atoms with Gasteiger partial charge in [-0.05, 0) is 19.4 Å². The fourth-order valence-corrected chi connectivity index (χ4v) is 1.22. The molecular formula is C9H8O3. The largest absolute Gasteiger partial charge is 0.465 e. The van der Waals surface area contributed by atoms with E-state index in [2.05, 4.69) is 0 Å². The lowest BCUT2D eigenvalue weighted by molar-refractivity contribution is 0.467. The van der Waals surface area contributed by atoms with E-state index in [1.54, 1.807) is 13.2 Å². The van der Waals surface area contributed by atoms with Crippen molar-refractivity contribution in [2.75, 3.05) is 0 Å². The molecule has 0 bridgehead atoms. The SMILES string of the molecule is Cc1coc(C)c2oc(=O)cc1-2. The molecule has 0 atom stereocenters. The molecule has 12 heavy (non-hydrogen) atoms. The van der Waals surface area contributed by atoms with Crippen LogP contribution in [-0.4, -0.2) is 0 Å². The van der Waals surface area contributed by atoms with Gasteiger partial charge in [-0.2, -0.15) is 0 Å². The van der Waals surface area contributed by atoms with E-state index in [9.17, 15) is 4.79 Å². The van der Waals surface area contributed by atoms with Gasteiger partial charge < -0.3 is 8.83 Å². The maximum atomic E-state index is 10.9. The summed E-state index contributed by atoms with van der Waals surface area (Å²) in [5.41, 5.74) is 1.43. The van der Waals surface area contributed by atoms with Crippen LogP contribution in [-0.2, 0) is 0 Å². The van der Waals surface area contributed by atoms with Gasteiger partial charge in [0.2, 0.25) is 0 Å². The molecule has 0 unspecified atom stereocenters. The summed E-state index contributed by atoms with van der Waals surface area (Å²) in [6.45, 7) is 3.64. The Morgan fingerprint density at radius 3 is 2.75 bits per heavy atom. The van der Waals surface area contributed by atoms with E-state index in [1.807, 2.05) is 6.92 Å². The van der Waals surface area contributed by atoms with Crippen LogP contribution in [0.5, 0.6) is 0 Å². The minimum Gasteiger partial charge on any atom is -0.465 e. The van der Waals surface area contributed by atoms with Crippen molar-refractivity contribution < 1.29 is 8.83 Å². The van der Waals surface area contributed by atoms with Gasteiger partial charge in [0.15, 0.2) is 5.76 Å². The van der Waals surface area contributed by atoms with Gasteiger partial charge in [0.1, 0.15) is 5.76 Å². The molecular weight excluding hydrogens is 156 g/mol. The molecule has 0 radical (unpaired) electrons. The Labute approximate surface area is 69.0 Å². The van der Waals surface area contributed by atoms with Gasteiger partial charge in [-0.25, -0.2) is 4.79 Å². The number of fused-ring (bicyclic) bond motifs is 1. The second-order valence-corrected chi connectivity index (χ2v) is 2.78. The van der Waals surface area contributed by atoms with Crippen molar-refractivity contribution in [3.63, 3.8) is 0 Å². The Balaban J connectivity index is 2.91. The summed E-state index contributed by atoms with van der Waals surface area (Å²) in [5.74, 6) is 1.19. The zero-order chi connectivity index (χ0) is 8.72. The lowest BCUT2D eigenvalue weighted by Crippen LogP contribution is -1.84. The van der Waals surface area contributed by atoms with Crippen LogP contribution in [0.2, 0.25) is 0 Å². The number of rotatable bonds is 0. The first-order valence-corrected chi connectivity index (χ1v) is 3.67. The van der Waals surface area contributed by atoms with Gasteiger partial charge in [-0.3, -0.25) is 0 Å². The van der Waals surface area contributed by atoms with Crippen molar-refractivity contribution in [2.45, 2.75) is 13.8 Å². The first-order chi connectivity index (χ1) is 5.68. The zero-order valence-electron chi connectivity index (χ0n) is 6.88. The van der Waals surface area contributed by atoms with E-state index in [0.717, 1.165) is 11.1 Å². The maximum Gasteiger partial charge on any atom is 0.337 e. The molecule has 2 rings (SSSR count). The molecule has 62 valence electrons. The summed E-state index contributed by atoms with van der Waals surface area (Å²) in [5, 5.41) is 0. The first kappa shape index (κ1) is 7.16. The molecule has 3 nitrogen and oxygen atoms in total. The van der Waals surface area contributed by atoms with E-state index in [0.29, 0.717) is 11.5 Å². The number of furan rings is 1. The van der Waals surface area contributed by atoms with Crippen molar-refractivity contribution in [3.05, 3.63) is 34.1 Å². The Morgan fingerprint density at radius 2 is 2.08 bits per heavy atom. The second kappa shape index (κ2) is 2.24. The Hall–Kier alpha value is -1.51. The normalized spacial score (nSPS) is 10.8. The molecule has 0 N–H and O–H groups in total. The van der Waals surface area contributed by atoms with E-state index in [4.69, 9.17) is 8.83 Å². The highest BCUT2D eigenvalue weighted by molar-refractivity contribution is 5.63. The Morgan fingerprint density at radius 1 is 1.33 bits per heavy atom. The van der Waals surface area contributed by atoms with Crippen LogP contribution in [0.25, 0.3) is 11.3 Å². The summed E-state index contributed by atoms with van der Waals surface area (Å²) in [6, 6.07) is 1.48. The van der Waals surface area contributed by atoms with Crippen LogP contribution < -0.4 is 5.63 Å². The number of aryl methyl sites for hydroxylation is 2. The molecule has 0 fully saturated rings. The fourth-order valence-electron chi connectivity index (χ4n) is 1.22. The summed E-state index contributed by atoms with van der Waals surface area (Å²) in [4.78, 5) is 10.9. The van der Waals surface area contributed by atoms with Crippen molar-refractivity contribution in [3.8, 4) is 11.3 Å². The van der Waals surface area contributed by atoms with Crippen LogP contribution in [0, 0.1) is 13.8 Å². The van der Waals surface area contributed by atoms with Crippen molar-refractivity contribution in [1.29, 1.82) is 0 Å². The fraction of sp³-hybridized carbons (Fsp3) is 0.222. The minimum atomic E-state index is -0.322. The average molecular weight is 164 g/mol. The molecule has 0 aromatic rings. The van der Waals surface area contributed by atoms with Crippen LogP contribution in [0.1, 0.15) is 11.3 Å². The second-order valence-electron chi connectivity index (χ2n) is 2.78. The quantitative estimate of drug-likeness (QED) is 0.597. The highest BCUT2D eigenvalue weighted by Crippen LogP contribution is 2.27. The third-order valence-electron chi connectivity index (χ3n) is 1.87. The van der Waals surface area contributed by atoms with Gasteiger partial charge in [-0.15, -0.1) is 0 Å². The lowest BCUT2D eigenvalue weighted by atomic mass is 10.1. The molecule has 0 saturated carbocycles. The highest BCUT2D eigenvalue weighted by atomic mass is 16.4. The molecule has 2 aliphatic rings. The monoisotopic (exact) mass is 164 g/mol. The molecule has 2 heterocycles. The van der Waals surface area contributed by atoms with E-state index >= 15 is 0 Å². The predicted octanol–water partition coefficient (Wildman–Crippen LogP) is 1.95. The molecule has 0 saturated heterocycles. The third kappa shape index (κ3) is 0.863. The van der Waals surface area contributed by atoms with Crippen LogP contribution in [0.4, 0.5) is 0 Å². The van der Waals surface area contributed by atoms with E-state index in [1.165, 1.54) is 6.07 Å². The minimum absolute atomic E-state index is 0.322. The third-order valence-corrected chi connectivity index (χ3v) is 1.87. The summed E-state index contributed by atoms with van der Waals surface area (Å²) in [7, 11) is 0. The van der Waals surface area contributed by atoms with Gasteiger partial charge in [-0.1, -0.05) is 0 Å². The summed E-state index contributed by atoms with van der Waals surface area (Å²) >= 11 is 0. The number of hydrogen-bond donors (Lipinski definition) is 0. The van der Waals surface area contributed by atoms with Crippen molar-refractivity contribution in [2.24, 2.45) is 0 Å². The van der Waals surface area contributed by atoms with Gasteiger partial charge in [0.05, 0.1) is 6.26 Å². The highest BCUT2D eigenvalue weighted by Gasteiger charge is 2.14. The maximum absolute atomic E-state index is 10.9. The summed E-state index contributed by atoms with van der Waals surface area (Å²) < 4.78 is 10.1. The smallest absolute Gasteiger partial charge is 0.337 e. The first-order valence-electron chi connectivity index (χ1n) is 3.67. The molecule has 0 aromatic carbocycles. The number of hydrogen-bond acceptors (Lipinski definition) is 3. The summed E-state index contributed by atoms with van der Waals surface area (Å²) in [6.07, 6.45) is 1.62. The lowest BCUT2D eigenvalue weighted by Gasteiger charge is -2.01. The standard InChI is InChI=1S/C9H8O3/c1-5-4-11-6(2)9-7(5)3-8(10)12-9/h3-4H,1-2H3. The predicted molar refractivity (Wildman–Crippen MR) is 43.3 cm³/mol. The van der Waals surface area contributed by atoms with Gasteiger partial charge >= 0.3 is 5.63 Å². The van der Waals surface area contributed by atoms with Crippen molar-refractivity contribution in [1.82, 2.24) is 0 Å². The van der Waals surface area contributed by atoms with E-state index < -0.39 is 0 Å². The topological polar surface area (TPSA) is 43.4 Å². The molecule has 3 heteroatoms. The van der Waals surface area contributed by atoms with Crippen LogP contribution in [0.3, 0.4) is 0 Å². The molecule has 0 aliphatic carbocycles.